The maximum atomic E-state index is 12.6. The number of carbonyl (C=O) groups excluding carboxylic acids is 2. The summed E-state index contributed by atoms with van der Waals surface area (Å²) in [5.74, 6) is -0.0141. The van der Waals surface area contributed by atoms with Gasteiger partial charge in [-0.05, 0) is 35.9 Å². The lowest BCUT2D eigenvalue weighted by molar-refractivity contribution is -0.125. The second-order valence-electron chi connectivity index (χ2n) is 5.42. The van der Waals surface area contributed by atoms with Crippen molar-refractivity contribution >= 4 is 40.7 Å². The van der Waals surface area contributed by atoms with Crippen LogP contribution in [0.1, 0.15) is 12.5 Å². The first-order valence-corrected chi connectivity index (χ1v) is 8.30. The first-order chi connectivity index (χ1) is 11.9. The molecule has 2 aromatic carbocycles. The van der Waals surface area contributed by atoms with Crippen molar-refractivity contribution < 1.29 is 14.3 Å². The molecule has 5 nitrogen and oxygen atoms in total. The Morgan fingerprint density at radius 2 is 1.92 bits per heavy atom. The predicted molar refractivity (Wildman–Crippen MR) is 99.4 cm³/mol. The molecule has 1 unspecified atom stereocenters. The van der Waals surface area contributed by atoms with E-state index in [0.717, 1.165) is 5.56 Å². The number of hydrogen-bond acceptors (Lipinski definition) is 3. The van der Waals surface area contributed by atoms with E-state index in [1.165, 1.54) is 6.92 Å². The van der Waals surface area contributed by atoms with Crippen molar-refractivity contribution in [1.29, 1.82) is 0 Å². The van der Waals surface area contributed by atoms with Crippen molar-refractivity contribution in [2.45, 2.75) is 19.4 Å². The summed E-state index contributed by atoms with van der Waals surface area (Å²) in [4.78, 5) is 24.1. The van der Waals surface area contributed by atoms with E-state index in [-0.39, 0.29) is 11.8 Å². The summed E-state index contributed by atoms with van der Waals surface area (Å²) in [5.41, 5.74) is 1.24. The fraction of sp³-hybridized carbons (Fsp3) is 0.222. The summed E-state index contributed by atoms with van der Waals surface area (Å²) in [6.45, 7) is 1.36. The molecule has 7 heteroatoms. The van der Waals surface area contributed by atoms with E-state index >= 15 is 0 Å². The van der Waals surface area contributed by atoms with E-state index in [4.69, 9.17) is 27.9 Å². The van der Waals surface area contributed by atoms with E-state index in [0.29, 0.717) is 27.9 Å². The normalized spacial score (nSPS) is 11.5. The highest BCUT2D eigenvalue weighted by Gasteiger charge is 2.21. The molecule has 1 atom stereocenters. The Morgan fingerprint density at radius 1 is 1.16 bits per heavy atom. The molecule has 0 aromatic heterocycles. The number of rotatable bonds is 6. The van der Waals surface area contributed by atoms with Crippen molar-refractivity contribution in [3.05, 3.63) is 58.1 Å². The number of benzene rings is 2. The van der Waals surface area contributed by atoms with Crippen LogP contribution in [0.5, 0.6) is 5.75 Å². The molecule has 0 fully saturated rings. The number of hydrogen-bond donors (Lipinski definition) is 2. The van der Waals surface area contributed by atoms with E-state index < -0.39 is 6.04 Å². The van der Waals surface area contributed by atoms with Gasteiger partial charge in [0.1, 0.15) is 11.8 Å². The van der Waals surface area contributed by atoms with Gasteiger partial charge in [0.15, 0.2) is 0 Å². The molecule has 2 N–H and O–H groups in total. The lowest BCUT2D eigenvalue weighted by Gasteiger charge is -2.18. The quantitative estimate of drug-likeness (QED) is 0.802. The summed E-state index contributed by atoms with van der Waals surface area (Å²) in [6, 6.07) is 11.3. The Kier molecular flexibility index (Phi) is 6.67. The van der Waals surface area contributed by atoms with Crippen LogP contribution in [0.15, 0.2) is 42.5 Å². The molecule has 0 saturated carbocycles. The molecule has 0 aliphatic rings. The zero-order valence-electron chi connectivity index (χ0n) is 13.8. The fourth-order valence-electron chi connectivity index (χ4n) is 2.30. The summed E-state index contributed by atoms with van der Waals surface area (Å²) < 4.78 is 5.18. The van der Waals surface area contributed by atoms with Crippen LogP contribution in [-0.4, -0.2) is 25.0 Å². The Bertz CT molecular complexity index is 781. The van der Waals surface area contributed by atoms with Gasteiger partial charge in [0.2, 0.25) is 11.8 Å². The van der Waals surface area contributed by atoms with Crippen molar-refractivity contribution in [2.24, 2.45) is 0 Å². The van der Waals surface area contributed by atoms with Crippen LogP contribution in [-0.2, 0) is 16.0 Å². The average molecular weight is 381 g/mol. The van der Waals surface area contributed by atoms with Gasteiger partial charge < -0.3 is 15.4 Å². The first kappa shape index (κ1) is 19.1. The number of methoxy groups -OCH3 is 1. The highest BCUT2D eigenvalue weighted by Crippen LogP contribution is 2.25. The maximum absolute atomic E-state index is 12.6. The summed E-state index contributed by atoms with van der Waals surface area (Å²) in [5, 5.41) is 6.17. The molecule has 0 heterocycles. The molecule has 0 bridgehead atoms. The number of carbonyl (C=O) groups is 2. The highest BCUT2D eigenvalue weighted by molar-refractivity contribution is 6.35. The Morgan fingerprint density at radius 3 is 2.60 bits per heavy atom. The van der Waals surface area contributed by atoms with Crippen LogP contribution < -0.4 is 15.4 Å². The largest absolute Gasteiger partial charge is 0.497 e. The molecule has 2 amide bonds. The maximum Gasteiger partial charge on any atom is 0.247 e. The van der Waals surface area contributed by atoms with Crippen molar-refractivity contribution in [3.8, 4) is 5.75 Å². The fourth-order valence-corrected chi connectivity index (χ4v) is 2.64. The van der Waals surface area contributed by atoms with Crippen LogP contribution >= 0.6 is 23.2 Å². The van der Waals surface area contributed by atoms with Crippen LogP contribution in [0.2, 0.25) is 10.0 Å². The van der Waals surface area contributed by atoms with Crippen molar-refractivity contribution in [3.63, 3.8) is 0 Å². The number of amides is 2. The molecule has 2 rings (SSSR count). The lowest BCUT2D eigenvalue weighted by atomic mass is 10.0. The lowest BCUT2D eigenvalue weighted by Crippen LogP contribution is -2.44. The van der Waals surface area contributed by atoms with E-state index in [1.807, 2.05) is 24.3 Å². The molecule has 25 heavy (non-hydrogen) atoms. The summed E-state index contributed by atoms with van der Waals surface area (Å²) in [7, 11) is 1.57. The van der Waals surface area contributed by atoms with Crippen LogP contribution in [0.4, 0.5) is 5.69 Å². The van der Waals surface area contributed by atoms with Gasteiger partial charge in [-0.25, -0.2) is 0 Å². The van der Waals surface area contributed by atoms with Gasteiger partial charge in [0.25, 0.3) is 0 Å². The third-order valence-electron chi connectivity index (χ3n) is 3.45. The molecular formula is C18H18Cl2N2O3. The van der Waals surface area contributed by atoms with Gasteiger partial charge >= 0.3 is 0 Å². The minimum absolute atomic E-state index is 0.305. The first-order valence-electron chi connectivity index (χ1n) is 7.55. The zero-order valence-corrected chi connectivity index (χ0v) is 15.3. The summed E-state index contributed by atoms with van der Waals surface area (Å²) in [6.07, 6.45) is 0.306. The average Bonchev–Trinajstić information content (AvgIpc) is 2.57. The van der Waals surface area contributed by atoms with Crippen LogP contribution in [0.3, 0.4) is 0 Å². The van der Waals surface area contributed by atoms with Gasteiger partial charge in [0, 0.05) is 18.4 Å². The van der Waals surface area contributed by atoms with Gasteiger partial charge in [-0.1, -0.05) is 35.3 Å². The SMILES string of the molecule is COc1cccc(CC(NC(C)=O)C(=O)Nc2cc(Cl)ccc2Cl)c1. The predicted octanol–water partition coefficient (Wildman–Crippen LogP) is 3.69. The highest BCUT2D eigenvalue weighted by atomic mass is 35.5. The van der Waals surface area contributed by atoms with Crippen LogP contribution in [0, 0.1) is 0 Å². The molecule has 0 aliphatic carbocycles. The molecule has 132 valence electrons. The van der Waals surface area contributed by atoms with E-state index in [9.17, 15) is 9.59 Å². The number of ether oxygens (including phenoxy) is 1. The molecular weight excluding hydrogens is 363 g/mol. The standard InChI is InChI=1S/C18H18Cl2N2O3/c1-11(23)21-17(9-12-4-3-5-14(8-12)25-2)18(24)22-16-10-13(19)6-7-15(16)20/h3-8,10,17H,9H2,1-2H3,(H,21,23)(H,22,24). The minimum Gasteiger partial charge on any atom is -0.497 e. The monoisotopic (exact) mass is 380 g/mol. The Balaban J connectivity index is 2.19. The number of anilines is 1. The molecule has 0 spiro atoms. The van der Waals surface area contributed by atoms with Gasteiger partial charge in [-0.3, -0.25) is 9.59 Å². The molecule has 0 aliphatic heterocycles. The second-order valence-corrected chi connectivity index (χ2v) is 6.27. The Labute approximate surface area is 156 Å². The summed E-state index contributed by atoms with van der Waals surface area (Å²) >= 11 is 12.0. The third-order valence-corrected chi connectivity index (χ3v) is 4.02. The van der Waals surface area contributed by atoms with Crippen LogP contribution in [0.25, 0.3) is 0 Å². The van der Waals surface area contributed by atoms with Crippen molar-refractivity contribution in [2.75, 3.05) is 12.4 Å². The molecule has 0 radical (unpaired) electrons. The minimum atomic E-state index is -0.764. The zero-order chi connectivity index (χ0) is 18.4. The van der Waals surface area contributed by atoms with Gasteiger partial charge in [-0.2, -0.15) is 0 Å². The smallest absolute Gasteiger partial charge is 0.247 e. The number of halogens is 2. The second kappa shape index (κ2) is 8.74. The molecule has 2 aromatic rings. The topological polar surface area (TPSA) is 67.4 Å². The van der Waals surface area contributed by atoms with E-state index in [2.05, 4.69) is 10.6 Å². The van der Waals surface area contributed by atoms with Gasteiger partial charge in [-0.15, -0.1) is 0 Å². The van der Waals surface area contributed by atoms with E-state index in [1.54, 1.807) is 25.3 Å². The van der Waals surface area contributed by atoms with Gasteiger partial charge in [0.05, 0.1) is 17.8 Å². The third kappa shape index (κ3) is 5.66. The van der Waals surface area contributed by atoms with Crippen molar-refractivity contribution in [1.82, 2.24) is 5.32 Å². The number of nitrogens with one attached hydrogen (secondary N) is 2. The Hall–Kier alpha value is -2.24. The molecule has 0 saturated heterocycles.